The van der Waals surface area contributed by atoms with Crippen molar-refractivity contribution in [2.24, 2.45) is 5.92 Å². The summed E-state index contributed by atoms with van der Waals surface area (Å²) in [4.78, 5) is 11.7. The fourth-order valence-corrected chi connectivity index (χ4v) is 1.91. The van der Waals surface area contributed by atoms with Crippen LogP contribution in [0, 0.1) is 5.92 Å². The molecule has 3 N–H and O–H groups in total. The first-order chi connectivity index (χ1) is 10.7. The van der Waals surface area contributed by atoms with Crippen LogP contribution in [0.25, 0.3) is 0 Å². The van der Waals surface area contributed by atoms with E-state index in [1.165, 1.54) is 24.3 Å². The van der Waals surface area contributed by atoms with Crippen molar-refractivity contribution in [3.63, 3.8) is 0 Å². The SMILES string of the molecule is CC(O)CC(C)CNC(=O)Nc1ccc(OCC(F)(F)F)cc1. The molecule has 0 aliphatic heterocycles. The summed E-state index contributed by atoms with van der Waals surface area (Å²) in [5.74, 6) is 0.192. The van der Waals surface area contributed by atoms with E-state index < -0.39 is 24.9 Å². The summed E-state index contributed by atoms with van der Waals surface area (Å²) in [6.07, 6.45) is -4.25. The Morgan fingerprint density at radius 2 is 1.87 bits per heavy atom. The number of carbonyl (C=O) groups excluding carboxylic acids is 1. The van der Waals surface area contributed by atoms with Gasteiger partial charge in [0.1, 0.15) is 5.75 Å². The van der Waals surface area contributed by atoms with Crippen LogP contribution in [-0.2, 0) is 0 Å². The molecular weight excluding hydrogens is 313 g/mol. The lowest BCUT2D eigenvalue weighted by molar-refractivity contribution is -0.153. The number of anilines is 1. The van der Waals surface area contributed by atoms with Crippen LogP contribution in [0.5, 0.6) is 5.75 Å². The van der Waals surface area contributed by atoms with E-state index in [1.54, 1.807) is 6.92 Å². The van der Waals surface area contributed by atoms with Gasteiger partial charge >= 0.3 is 12.2 Å². The topological polar surface area (TPSA) is 70.6 Å². The fraction of sp³-hybridized carbons (Fsp3) is 0.533. The number of hydrogen-bond acceptors (Lipinski definition) is 3. The molecule has 2 unspecified atom stereocenters. The normalized spacial score (nSPS) is 14.0. The maximum Gasteiger partial charge on any atom is 0.422 e. The van der Waals surface area contributed by atoms with Crippen molar-refractivity contribution in [3.05, 3.63) is 24.3 Å². The van der Waals surface area contributed by atoms with E-state index in [0.717, 1.165) is 0 Å². The zero-order chi connectivity index (χ0) is 17.5. The standard InChI is InChI=1S/C15H21F3N2O3/c1-10(7-11(2)21)8-19-14(22)20-12-3-5-13(6-4-12)23-9-15(16,17)18/h3-6,10-11,21H,7-9H2,1-2H3,(H2,19,20,22). The quantitative estimate of drug-likeness (QED) is 0.717. The second-order valence-corrected chi connectivity index (χ2v) is 5.45. The lowest BCUT2D eigenvalue weighted by Gasteiger charge is -2.15. The third-order valence-electron chi connectivity index (χ3n) is 2.87. The average molecular weight is 334 g/mol. The van der Waals surface area contributed by atoms with E-state index >= 15 is 0 Å². The number of carbonyl (C=O) groups is 1. The monoisotopic (exact) mass is 334 g/mol. The molecule has 0 radical (unpaired) electrons. The fourth-order valence-electron chi connectivity index (χ4n) is 1.91. The maximum atomic E-state index is 12.0. The Hall–Kier alpha value is -1.96. The Balaban J connectivity index is 2.38. The van der Waals surface area contributed by atoms with Gasteiger partial charge in [0.2, 0.25) is 0 Å². The highest BCUT2D eigenvalue weighted by molar-refractivity contribution is 5.89. The Morgan fingerprint density at radius 3 is 2.39 bits per heavy atom. The lowest BCUT2D eigenvalue weighted by atomic mass is 10.1. The highest BCUT2D eigenvalue weighted by Gasteiger charge is 2.28. The van der Waals surface area contributed by atoms with E-state index in [2.05, 4.69) is 15.4 Å². The summed E-state index contributed by atoms with van der Waals surface area (Å²) in [7, 11) is 0. The van der Waals surface area contributed by atoms with Gasteiger partial charge in [-0.2, -0.15) is 13.2 Å². The van der Waals surface area contributed by atoms with Gasteiger partial charge in [0.15, 0.2) is 6.61 Å². The van der Waals surface area contributed by atoms with Gasteiger partial charge in [-0.3, -0.25) is 0 Å². The molecule has 1 aromatic carbocycles. The number of nitrogens with one attached hydrogen (secondary N) is 2. The van der Waals surface area contributed by atoms with Gasteiger partial charge in [-0.1, -0.05) is 6.92 Å². The van der Waals surface area contributed by atoms with Crippen LogP contribution >= 0.6 is 0 Å². The summed E-state index contributed by atoms with van der Waals surface area (Å²) >= 11 is 0. The van der Waals surface area contributed by atoms with Gasteiger partial charge in [0, 0.05) is 12.2 Å². The predicted molar refractivity (Wildman–Crippen MR) is 80.5 cm³/mol. The molecule has 5 nitrogen and oxygen atoms in total. The number of ether oxygens (including phenoxy) is 1. The zero-order valence-corrected chi connectivity index (χ0v) is 13.0. The van der Waals surface area contributed by atoms with Gasteiger partial charge in [0.05, 0.1) is 6.10 Å². The number of hydrogen-bond donors (Lipinski definition) is 3. The molecule has 0 aliphatic carbocycles. The van der Waals surface area contributed by atoms with Crippen molar-refractivity contribution in [3.8, 4) is 5.75 Å². The highest BCUT2D eigenvalue weighted by Crippen LogP contribution is 2.20. The largest absolute Gasteiger partial charge is 0.484 e. The number of rotatable bonds is 7. The first kappa shape index (κ1) is 19.1. The first-order valence-corrected chi connectivity index (χ1v) is 7.18. The minimum Gasteiger partial charge on any atom is -0.484 e. The minimum absolute atomic E-state index is 0.0684. The molecule has 0 heterocycles. The minimum atomic E-state index is -4.39. The third-order valence-corrected chi connectivity index (χ3v) is 2.87. The van der Waals surface area contributed by atoms with Gasteiger partial charge in [-0.15, -0.1) is 0 Å². The maximum absolute atomic E-state index is 12.0. The molecule has 2 atom stereocenters. The lowest BCUT2D eigenvalue weighted by Crippen LogP contribution is -2.33. The predicted octanol–water partition coefficient (Wildman–Crippen LogP) is 3.16. The molecular formula is C15H21F3N2O3. The zero-order valence-electron chi connectivity index (χ0n) is 13.0. The van der Waals surface area contributed by atoms with Crippen LogP contribution < -0.4 is 15.4 Å². The van der Waals surface area contributed by atoms with Crippen LogP contribution in [0.15, 0.2) is 24.3 Å². The van der Waals surface area contributed by atoms with Crippen molar-refractivity contribution in [2.45, 2.75) is 32.5 Å². The molecule has 0 bridgehead atoms. The third kappa shape index (κ3) is 8.92. The second-order valence-electron chi connectivity index (χ2n) is 5.45. The summed E-state index contributed by atoms with van der Waals surface area (Å²) < 4.78 is 40.6. The number of urea groups is 1. The second kappa shape index (κ2) is 8.61. The molecule has 0 saturated carbocycles. The molecule has 23 heavy (non-hydrogen) atoms. The van der Waals surface area contributed by atoms with Gasteiger partial charge in [0.25, 0.3) is 0 Å². The Kier molecular flexibility index (Phi) is 7.15. The van der Waals surface area contributed by atoms with Crippen molar-refractivity contribution in [2.75, 3.05) is 18.5 Å². The van der Waals surface area contributed by atoms with E-state index in [1.807, 2.05) is 6.92 Å². The van der Waals surface area contributed by atoms with Crippen molar-refractivity contribution in [1.29, 1.82) is 0 Å². The molecule has 2 amide bonds. The summed E-state index contributed by atoms with van der Waals surface area (Å²) in [6, 6.07) is 5.16. The summed E-state index contributed by atoms with van der Waals surface area (Å²) in [5.41, 5.74) is 0.435. The van der Waals surface area contributed by atoms with E-state index in [9.17, 15) is 23.1 Å². The number of aliphatic hydroxyl groups is 1. The molecule has 1 rings (SSSR count). The first-order valence-electron chi connectivity index (χ1n) is 7.18. The highest BCUT2D eigenvalue weighted by atomic mass is 19.4. The molecule has 0 saturated heterocycles. The number of benzene rings is 1. The molecule has 0 fully saturated rings. The van der Waals surface area contributed by atoms with E-state index in [4.69, 9.17) is 0 Å². The van der Waals surface area contributed by atoms with Gasteiger partial charge in [-0.05, 0) is 43.5 Å². The van der Waals surface area contributed by atoms with Crippen LogP contribution in [0.2, 0.25) is 0 Å². The summed E-state index contributed by atoms with van der Waals surface area (Å²) in [5, 5.41) is 14.4. The van der Waals surface area contributed by atoms with Crippen molar-refractivity contribution >= 4 is 11.7 Å². The summed E-state index contributed by atoms with van der Waals surface area (Å²) in [6.45, 7) is 2.63. The van der Waals surface area contributed by atoms with Crippen LogP contribution in [-0.4, -0.2) is 36.6 Å². The Bertz CT molecular complexity index is 490. The molecule has 130 valence electrons. The number of alkyl halides is 3. The molecule has 1 aromatic rings. The Labute approximate surface area is 132 Å². The van der Waals surface area contributed by atoms with Gasteiger partial charge in [-0.25, -0.2) is 4.79 Å². The number of halogens is 3. The average Bonchev–Trinajstić information content (AvgIpc) is 2.43. The number of amides is 2. The van der Waals surface area contributed by atoms with E-state index in [-0.39, 0.29) is 11.7 Å². The van der Waals surface area contributed by atoms with Crippen LogP contribution in [0.1, 0.15) is 20.3 Å². The van der Waals surface area contributed by atoms with Gasteiger partial charge < -0.3 is 20.5 Å². The van der Waals surface area contributed by atoms with Crippen LogP contribution in [0.4, 0.5) is 23.7 Å². The molecule has 0 aromatic heterocycles. The van der Waals surface area contributed by atoms with Crippen LogP contribution in [0.3, 0.4) is 0 Å². The Morgan fingerprint density at radius 1 is 1.26 bits per heavy atom. The number of aliphatic hydroxyl groups excluding tert-OH is 1. The van der Waals surface area contributed by atoms with Crippen molar-refractivity contribution < 1.29 is 27.8 Å². The molecule has 0 aliphatic rings. The van der Waals surface area contributed by atoms with Crippen molar-refractivity contribution in [1.82, 2.24) is 5.32 Å². The van der Waals surface area contributed by atoms with E-state index in [0.29, 0.717) is 18.7 Å². The molecule has 0 spiro atoms. The smallest absolute Gasteiger partial charge is 0.422 e. The molecule has 8 heteroatoms.